The van der Waals surface area contributed by atoms with Gasteiger partial charge >= 0.3 is 5.97 Å². The molecule has 0 bridgehead atoms. The second-order valence-corrected chi connectivity index (χ2v) is 14.3. The molecule has 232 valence electrons. The van der Waals surface area contributed by atoms with E-state index in [9.17, 15) is 25.2 Å². The Morgan fingerprint density at radius 2 is 1.76 bits per heavy atom. The lowest BCUT2D eigenvalue weighted by Crippen LogP contribution is -2.68. The van der Waals surface area contributed by atoms with Gasteiger partial charge in [0.1, 0.15) is 24.9 Å². The first-order chi connectivity index (χ1) is 19.4. The van der Waals surface area contributed by atoms with Crippen molar-refractivity contribution >= 4 is 5.97 Å². The smallest absolute Gasteiger partial charge is 0.331 e. The second-order valence-electron chi connectivity index (χ2n) is 14.3. The van der Waals surface area contributed by atoms with Crippen molar-refractivity contribution in [3.8, 4) is 0 Å². The van der Waals surface area contributed by atoms with Crippen LogP contribution in [0.25, 0.3) is 0 Å². The zero-order chi connectivity index (χ0) is 29.5. The lowest BCUT2D eigenvalue weighted by molar-refractivity contribution is -0.342. The maximum Gasteiger partial charge on any atom is 0.331 e. The third-order valence-corrected chi connectivity index (χ3v) is 12.9. The fourth-order valence-corrected chi connectivity index (χ4v) is 10.6. The molecule has 14 atom stereocenters. The van der Waals surface area contributed by atoms with Gasteiger partial charge in [0.25, 0.3) is 0 Å². The summed E-state index contributed by atoms with van der Waals surface area (Å²) in [6.07, 6.45) is 3.32. The molecule has 4 N–H and O–H groups in total. The Kier molecular flexibility index (Phi) is 7.67. The monoisotopic (exact) mass is 579 g/mol. The first-order valence-electron chi connectivity index (χ1n) is 15.5. The topological polar surface area (TPSA) is 138 Å². The van der Waals surface area contributed by atoms with Crippen molar-refractivity contribution in [3.63, 3.8) is 0 Å². The summed E-state index contributed by atoms with van der Waals surface area (Å²) in [4.78, 5) is 17.7. The number of hydroxylamine groups is 2. The van der Waals surface area contributed by atoms with E-state index in [1.807, 2.05) is 6.92 Å². The van der Waals surface area contributed by atoms with E-state index in [0.29, 0.717) is 18.8 Å². The number of ether oxygens (including phenoxy) is 3. The molecular formula is C31H49NO9. The van der Waals surface area contributed by atoms with Crippen LogP contribution in [0.2, 0.25) is 0 Å². The van der Waals surface area contributed by atoms with Crippen molar-refractivity contribution < 1.29 is 44.3 Å². The molecule has 0 aromatic heterocycles. The molecule has 0 spiro atoms. The summed E-state index contributed by atoms with van der Waals surface area (Å²) in [5, 5.41) is 47.6. The van der Waals surface area contributed by atoms with Gasteiger partial charge in [0.05, 0.1) is 24.9 Å². The van der Waals surface area contributed by atoms with Crippen LogP contribution in [0.5, 0.6) is 0 Å². The Hall–Kier alpha value is -1.11. The van der Waals surface area contributed by atoms with E-state index in [1.165, 1.54) is 7.11 Å². The number of aliphatic hydroxyl groups excluding tert-OH is 3. The number of esters is 1. The van der Waals surface area contributed by atoms with Crippen LogP contribution in [0.1, 0.15) is 72.1 Å². The number of fused-ring (bicyclic) bond motifs is 5. The van der Waals surface area contributed by atoms with Crippen molar-refractivity contribution in [3.05, 3.63) is 11.6 Å². The van der Waals surface area contributed by atoms with E-state index in [1.54, 1.807) is 25.2 Å². The number of hydrogen-bond acceptors (Lipinski definition) is 10. The predicted octanol–water partition coefficient (Wildman–Crippen LogP) is 1.93. The van der Waals surface area contributed by atoms with Crippen molar-refractivity contribution in [1.82, 2.24) is 5.06 Å². The number of carbonyl (C=O) groups is 1. The van der Waals surface area contributed by atoms with Crippen molar-refractivity contribution in [2.45, 2.75) is 121 Å². The Bertz CT molecular complexity index is 1050. The average molecular weight is 580 g/mol. The minimum atomic E-state index is -1.07. The molecule has 0 amide bonds. The van der Waals surface area contributed by atoms with Gasteiger partial charge in [-0.25, -0.2) is 4.79 Å². The summed E-state index contributed by atoms with van der Waals surface area (Å²) in [7, 11) is 3.08. The molecule has 10 heteroatoms. The van der Waals surface area contributed by atoms with Crippen molar-refractivity contribution in [2.24, 2.45) is 34.5 Å². The third-order valence-electron chi connectivity index (χ3n) is 12.9. The minimum Gasteiger partial charge on any atom is -0.458 e. The average Bonchev–Trinajstić information content (AvgIpc) is 3.49. The molecule has 6 aliphatic rings. The molecule has 4 saturated carbocycles. The Labute approximate surface area is 242 Å². The van der Waals surface area contributed by atoms with E-state index in [4.69, 9.17) is 19.0 Å². The van der Waals surface area contributed by atoms with Crippen molar-refractivity contribution in [1.29, 1.82) is 0 Å². The molecule has 6 rings (SSSR count). The largest absolute Gasteiger partial charge is 0.458 e. The number of aliphatic hydroxyl groups is 4. The van der Waals surface area contributed by atoms with Crippen LogP contribution in [0.3, 0.4) is 0 Å². The lowest BCUT2D eigenvalue weighted by Gasteiger charge is -2.65. The van der Waals surface area contributed by atoms with Gasteiger partial charge < -0.3 is 34.6 Å². The highest BCUT2D eigenvalue weighted by molar-refractivity contribution is 5.85. The van der Waals surface area contributed by atoms with E-state index in [-0.39, 0.29) is 41.8 Å². The number of cyclic esters (lactones) is 1. The first-order valence-corrected chi connectivity index (χ1v) is 15.5. The maximum absolute atomic E-state index is 12.5. The van der Waals surface area contributed by atoms with Crippen LogP contribution >= 0.6 is 0 Å². The molecule has 0 radical (unpaired) electrons. The second kappa shape index (κ2) is 10.5. The predicted molar refractivity (Wildman–Crippen MR) is 147 cm³/mol. The highest BCUT2D eigenvalue weighted by atomic mass is 16.7. The van der Waals surface area contributed by atoms with Gasteiger partial charge in [-0.05, 0) is 93.0 Å². The molecular weight excluding hydrogens is 530 g/mol. The summed E-state index contributed by atoms with van der Waals surface area (Å²) < 4.78 is 16.7. The van der Waals surface area contributed by atoms with Crippen LogP contribution in [0.4, 0.5) is 0 Å². The van der Waals surface area contributed by atoms with Crippen LogP contribution in [-0.4, -0.2) is 101 Å². The van der Waals surface area contributed by atoms with Crippen LogP contribution in [0.15, 0.2) is 11.6 Å². The SMILES string of the molecule is CO[C@@H]1[C@@H](O)[C@H](N(OC)[C@@H]2CC[C@@]3(C)[C@H](CC[C@@H]4[C@@H]3C[C@@H](O)[C@]3(C)[C@@H](C5=CC(=O)OC5)CC[C@]43O)C2)O[C@H](C)[C@H]1O. The molecule has 0 unspecified atom stereocenters. The molecule has 2 aliphatic heterocycles. The quantitative estimate of drug-likeness (QED) is 0.282. The molecule has 0 aromatic carbocycles. The summed E-state index contributed by atoms with van der Waals surface area (Å²) in [6.45, 7) is 6.43. The van der Waals surface area contributed by atoms with Gasteiger partial charge in [0, 0.05) is 24.6 Å². The molecule has 1 saturated heterocycles. The maximum atomic E-state index is 12.5. The van der Waals surface area contributed by atoms with Crippen molar-refractivity contribution in [2.75, 3.05) is 20.8 Å². The van der Waals surface area contributed by atoms with Gasteiger partial charge in [-0.1, -0.05) is 13.8 Å². The highest BCUT2D eigenvalue weighted by Crippen LogP contribution is 2.70. The summed E-state index contributed by atoms with van der Waals surface area (Å²) in [5.74, 6) is 0.244. The van der Waals surface area contributed by atoms with Gasteiger partial charge in [0.15, 0.2) is 6.23 Å². The van der Waals surface area contributed by atoms with Crippen LogP contribution in [-0.2, 0) is 23.8 Å². The van der Waals surface area contributed by atoms with E-state index in [2.05, 4.69) is 6.92 Å². The van der Waals surface area contributed by atoms with Gasteiger partial charge in [-0.15, -0.1) is 0 Å². The van der Waals surface area contributed by atoms with Gasteiger partial charge in [-0.3, -0.25) is 4.84 Å². The highest BCUT2D eigenvalue weighted by Gasteiger charge is 2.71. The molecule has 2 heterocycles. The van der Waals surface area contributed by atoms with E-state index < -0.39 is 47.8 Å². The van der Waals surface area contributed by atoms with Crippen LogP contribution in [0, 0.1) is 34.5 Å². The summed E-state index contributed by atoms with van der Waals surface area (Å²) in [6, 6.07) is 0.0128. The first kappa shape index (κ1) is 29.9. The van der Waals surface area contributed by atoms with E-state index in [0.717, 1.165) is 44.1 Å². The molecule has 10 nitrogen and oxygen atoms in total. The number of carbonyl (C=O) groups excluding carboxylic acids is 1. The molecule has 41 heavy (non-hydrogen) atoms. The molecule has 4 aliphatic carbocycles. The standard InChI is InChI=1S/C31H49NO9/c1-16-25(35)27(38-4)26(36)28(41-16)32(39-5)19-8-10-29(2)18(13-19)6-7-21-22(29)14-23(33)30(3)20(9-11-31(21,30)37)17-12-24(34)40-15-17/h12,16,18-23,25-28,33,35-37H,6-11,13-15H2,1-5H3/t16-,18-,19-,20-,21-,22+,23-,25-,26-,27+,28-,29+,30+,31+/m1/s1. The third kappa shape index (κ3) is 4.23. The van der Waals surface area contributed by atoms with Crippen LogP contribution < -0.4 is 0 Å². The number of methoxy groups -OCH3 is 1. The van der Waals surface area contributed by atoms with Gasteiger partial charge in [-0.2, -0.15) is 5.06 Å². The Balaban J connectivity index is 1.22. The number of hydrogen-bond donors (Lipinski definition) is 4. The Morgan fingerprint density at radius 1 is 1.00 bits per heavy atom. The zero-order valence-corrected chi connectivity index (χ0v) is 25.1. The number of nitrogens with zero attached hydrogens (tertiary/aromatic N) is 1. The normalized spacial score (nSPS) is 53.4. The summed E-state index contributed by atoms with van der Waals surface area (Å²) in [5.41, 5.74) is -0.849. The minimum absolute atomic E-state index is 0.0128. The number of rotatable bonds is 5. The zero-order valence-electron chi connectivity index (χ0n) is 25.1. The molecule has 5 fully saturated rings. The lowest BCUT2D eigenvalue weighted by atomic mass is 9.42. The molecule has 0 aromatic rings. The fourth-order valence-electron chi connectivity index (χ4n) is 10.6. The Morgan fingerprint density at radius 3 is 2.41 bits per heavy atom. The van der Waals surface area contributed by atoms with E-state index >= 15 is 0 Å². The van der Waals surface area contributed by atoms with Gasteiger partial charge in [0.2, 0.25) is 0 Å². The fraction of sp³-hybridized carbons (Fsp3) is 0.903. The summed E-state index contributed by atoms with van der Waals surface area (Å²) >= 11 is 0.